The topological polar surface area (TPSA) is 136 Å². The molecule has 0 radical (unpaired) electrons. The van der Waals surface area contributed by atoms with Crippen LogP contribution < -0.4 is 21.4 Å². The van der Waals surface area contributed by atoms with E-state index in [-0.39, 0.29) is 32.8 Å². The summed E-state index contributed by atoms with van der Waals surface area (Å²) in [6.45, 7) is 1.03. The second-order valence-corrected chi connectivity index (χ2v) is 7.57. The zero-order valence-electron chi connectivity index (χ0n) is 15.0. The third-order valence-electron chi connectivity index (χ3n) is 4.17. The number of fused-ring (bicyclic) bond motifs is 2. The normalized spacial score (nSPS) is 12.2. The molecule has 3 rings (SSSR count). The number of halogens is 1. The van der Waals surface area contributed by atoms with Crippen molar-refractivity contribution >= 4 is 56.8 Å². The number of aromatic amines is 1. The number of hydrogen-bond donors (Lipinski definition) is 4. The van der Waals surface area contributed by atoms with Gasteiger partial charge in [0.25, 0.3) is 5.91 Å². The Morgan fingerprint density at radius 3 is 2.61 bits per heavy atom. The highest BCUT2D eigenvalue weighted by Crippen LogP contribution is 2.20. The van der Waals surface area contributed by atoms with Crippen LogP contribution in [0.3, 0.4) is 0 Å². The quantitative estimate of drug-likeness (QED) is 0.296. The van der Waals surface area contributed by atoms with Crippen molar-refractivity contribution < 1.29 is 15.0 Å². The fourth-order valence-corrected chi connectivity index (χ4v) is 3.60. The fraction of sp³-hybridized carbons (Fsp3) is 0.222. The summed E-state index contributed by atoms with van der Waals surface area (Å²) in [5, 5.41) is 21.9. The molecule has 0 fully saturated rings. The Hall–Kier alpha value is -2.73. The van der Waals surface area contributed by atoms with Crippen LogP contribution in [0.5, 0.6) is 5.75 Å². The average Bonchev–Trinajstić information content (AvgIpc) is 2.61. The van der Waals surface area contributed by atoms with Gasteiger partial charge in [0.2, 0.25) is 10.9 Å². The molecule has 2 aromatic carbocycles. The Kier molecular flexibility index (Phi) is 5.52. The van der Waals surface area contributed by atoms with Crippen LogP contribution >= 0.6 is 22.6 Å². The first kappa shape index (κ1) is 20.0. The van der Waals surface area contributed by atoms with E-state index in [1.165, 1.54) is 6.07 Å². The highest BCUT2D eigenvalue weighted by Gasteiger charge is 2.20. The molecule has 0 atom stereocenters. The molecular formula is C18H17IN4O5. The summed E-state index contributed by atoms with van der Waals surface area (Å²) in [7, 11) is 3.75. The van der Waals surface area contributed by atoms with E-state index >= 15 is 0 Å². The number of benzene rings is 2. The van der Waals surface area contributed by atoms with E-state index in [2.05, 4.69) is 15.3 Å². The molecule has 3 aromatic rings. The van der Waals surface area contributed by atoms with Gasteiger partial charge in [-0.25, -0.2) is 4.98 Å². The van der Waals surface area contributed by atoms with Crippen molar-refractivity contribution in [1.82, 2.24) is 20.2 Å². The van der Waals surface area contributed by atoms with Crippen LogP contribution in [0.4, 0.5) is 0 Å². The number of rotatable bonds is 4. The van der Waals surface area contributed by atoms with Gasteiger partial charge in [-0.1, -0.05) is 0 Å². The average molecular weight is 496 g/mol. The molecule has 0 aliphatic carbocycles. The molecule has 9 nitrogen and oxygen atoms in total. The smallest absolute Gasteiger partial charge is 0.254 e. The van der Waals surface area contributed by atoms with Gasteiger partial charge in [-0.05, 0) is 36.7 Å². The molecule has 4 N–H and O–H groups in total. The number of H-pyrrole nitrogens is 1. The maximum atomic E-state index is 12.7. The summed E-state index contributed by atoms with van der Waals surface area (Å²) in [4.78, 5) is 46.4. The van der Waals surface area contributed by atoms with Gasteiger partial charge >= 0.3 is 0 Å². The Balaban J connectivity index is 2.32. The van der Waals surface area contributed by atoms with Crippen LogP contribution in [-0.2, 0) is 0 Å². The number of nitrogens with zero attached hydrogens (tertiary/aromatic N) is 2. The molecule has 0 saturated carbocycles. The molecule has 0 spiro atoms. The van der Waals surface area contributed by atoms with Gasteiger partial charge in [0, 0.05) is 28.8 Å². The Bertz CT molecular complexity index is 1270. The number of aliphatic hydroxyl groups is 1. The van der Waals surface area contributed by atoms with Crippen molar-refractivity contribution in [2.45, 2.75) is 0 Å². The molecule has 0 aliphatic heterocycles. The van der Waals surface area contributed by atoms with Gasteiger partial charge in [0.15, 0.2) is 0 Å². The lowest BCUT2D eigenvalue weighted by atomic mass is 10.1. The van der Waals surface area contributed by atoms with E-state index in [4.69, 9.17) is 0 Å². The molecule has 1 heterocycles. The number of hydrogen-bond acceptors (Lipinski definition) is 7. The largest absolute Gasteiger partial charge is 0.515 e. The lowest BCUT2D eigenvalue weighted by Crippen LogP contribution is -2.32. The summed E-state index contributed by atoms with van der Waals surface area (Å²) < 4.78 is 0.412. The number of aliphatic hydroxyl groups excluding tert-OH is 1. The number of carbonyl (C=O) groups is 1. The third kappa shape index (κ3) is 3.52. The molecule has 1 aromatic heterocycles. The third-order valence-corrected chi connectivity index (χ3v) is 5.02. The van der Waals surface area contributed by atoms with Crippen LogP contribution in [0.1, 0.15) is 10.4 Å². The number of carbonyl (C=O) groups excluding carboxylic acids is 1. The summed E-state index contributed by atoms with van der Waals surface area (Å²) in [5.74, 6) is -0.867. The number of aromatic nitrogens is 2. The van der Waals surface area contributed by atoms with Crippen molar-refractivity contribution in [2.24, 2.45) is 0 Å². The number of likely N-dealkylation sites (N-methyl/N-ethyl adjacent to an activating group) is 1. The zero-order valence-corrected chi connectivity index (χ0v) is 17.2. The van der Waals surface area contributed by atoms with Crippen LogP contribution in [0, 0.1) is 3.57 Å². The SMILES string of the molecule is CN(C)CCNC(=O)c1c(I)cc(=O)c2nc3c(=CO)c(O)cc(=O)c3[nH]c12. The van der Waals surface area contributed by atoms with Gasteiger partial charge in [0.1, 0.15) is 22.3 Å². The van der Waals surface area contributed by atoms with Crippen molar-refractivity contribution in [3.63, 3.8) is 0 Å². The first-order valence-corrected chi connectivity index (χ1v) is 9.32. The van der Waals surface area contributed by atoms with Gasteiger partial charge < -0.3 is 25.4 Å². The number of phenols is 1. The van der Waals surface area contributed by atoms with E-state index in [0.717, 1.165) is 6.07 Å². The first-order chi connectivity index (χ1) is 13.2. The van der Waals surface area contributed by atoms with E-state index in [0.29, 0.717) is 22.9 Å². The van der Waals surface area contributed by atoms with Gasteiger partial charge in [-0.3, -0.25) is 14.4 Å². The van der Waals surface area contributed by atoms with Crippen molar-refractivity contribution in [3.05, 3.63) is 46.9 Å². The van der Waals surface area contributed by atoms with Gasteiger partial charge in [0.05, 0.1) is 22.6 Å². The van der Waals surface area contributed by atoms with E-state index in [1.807, 2.05) is 41.6 Å². The van der Waals surface area contributed by atoms with Crippen LogP contribution in [0.25, 0.3) is 28.3 Å². The maximum absolute atomic E-state index is 12.7. The molecule has 0 aliphatic rings. The minimum Gasteiger partial charge on any atom is -0.515 e. The van der Waals surface area contributed by atoms with Crippen molar-refractivity contribution in [2.75, 3.05) is 27.2 Å². The monoisotopic (exact) mass is 496 g/mol. The summed E-state index contributed by atoms with van der Waals surface area (Å²) in [5.41, 5.74) is -0.881. The molecule has 0 bridgehead atoms. The summed E-state index contributed by atoms with van der Waals surface area (Å²) in [6.07, 6.45) is 0.607. The van der Waals surface area contributed by atoms with E-state index < -0.39 is 22.5 Å². The highest BCUT2D eigenvalue weighted by molar-refractivity contribution is 14.1. The Morgan fingerprint density at radius 1 is 1.25 bits per heavy atom. The molecule has 10 heteroatoms. The van der Waals surface area contributed by atoms with Crippen LogP contribution in [0.2, 0.25) is 0 Å². The minimum atomic E-state index is -0.585. The lowest BCUT2D eigenvalue weighted by Gasteiger charge is -2.13. The number of aromatic hydroxyl groups is 1. The molecule has 146 valence electrons. The fourth-order valence-electron chi connectivity index (χ4n) is 2.80. The molecule has 1 amide bonds. The second-order valence-electron chi connectivity index (χ2n) is 6.41. The predicted molar refractivity (Wildman–Crippen MR) is 114 cm³/mol. The first-order valence-electron chi connectivity index (χ1n) is 8.24. The van der Waals surface area contributed by atoms with E-state index in [1.54, 1.807) is 0 Å². The van der Waals surface area contributed by atoms with Gasteiger partial charge in [-0.15, -0.1) is 0 Å². The van der Waals surface area contributed by atoms with Crippen LogP contribution in [0.15, 0.2) is 21.7 Å². The van der Waals surface area contributed by atoms with Crippen molar-refractivity contribution in [3.8, 4) is 5.75 Å². The van der Waals surface area contributed by atoms with Gasteiger partial charge in [-0.2, -0.15) is 0 Å². The highest BCUT2D eigenvalue weighted by atomic mass is 127. The predicted octanol–water partition coefficient (Wildman–Crippen LogP) is 0.0530. The second kappa shape index (κ2) is 7.72. The number of amides is 1. The molecule has 0 saturated heterocycles. The molecular weight excluding hydrogens is 479 g/mol. The molecule has 0 unspecified atom stereocenters. The zero-order chi connectivity index (χ0) is 20.6. The summed E-state index contributed by atoms with van der Waals surface area (Å²) in [6, 6.07) is 2.21. The number of nitrogens with one attached hydrogen (secondary N) is 2. The lowest BCUT2D eigenvalue weighted by molar-refractivity contribution is 0.0951. The molecule has 28 heavy (non-hydrogen) atoms. The minimum absolute atomic E-state index is 0.0330. The van der Waals surface area contributed by atoms with E-state index in [9.17, 15) is 24.6 Å². The summed E-state index contributed by atoms with van der Waals surface area (Å²) >= 11 is 1.88. The Labute approximate surface area is 171 Å². The Morgan fingerprint density at radius 2 is 1.96 bits per heavy atom. The number of phenolic OH excluding ortho intramolecular Hbond substituents is 1. The standard InChI is InChI=1S/C18H17IN4O5/c1-23(2)4-3-20-18(28)13-9(19)5-11(26)16-17(13)22-15-12(27)6-10(25)8(7-24)14(15)21-16/h5-7,22,24-25H,3-4H2,1-2H3,(H,20,28). The van der Waals surface area contributed by atoms with Crippen LogP contribution in [-0.4, -0.2) is 58.2 Å². The maximum Gasteiger partial charge on any atom is 0.254 e. The van der Waals surface area contributed by atoms with Crippen molar-refractivity contribution in [1.29, 1.82) is 0 Å².